The van der Waals surface area contributed by atoms with Crippen molar-refractivity contribution < 1.29 is 4.74 Å². The molecule has 3 heteroatoms. The van der Waals surface area contributed by atoms with Crippen molar-refractivity contribution in [1.82, 2.24) is 4.98 Å². The number of hydrogen-bond acceptors (Lipinski definition) is 3. The lowest BCUT2D eigenvalue weighted by atomic mass is 9.92. The lowest BCUT2D eigenvalue weighted by molar-refractivity contribution is 0.201. The van der Waals surface area contributed by atoms with Gasteiger partial charge in [0.15, 0.2) is 0 Å². The first kappa shape index (κ1) is 14.3. The van der Waals surface area contributed by atoms with Gasteiger partial charge in [0.25, 0.3) is 0 Å². The first-order chi connectivity index (χ1) is 10.2. The zero-order chi connectivity index (χ0) is 14.7. The number of pyridine rings is 1. The Kier molecular flexibility index (Phi) is 4.11. The van der Waals surface area contributed by atoms with Crippen LogP contribution in [0.5, 0.6) is 5.75 Å². The third kappa shape index (κ3) is 3.35. The Hall–Kier alpha value is -1.61. The van der Waals surface area contributed by atoms with Gasteiger partial charge >= 0.3 is 0 Å². The van der Waals surface area contributed by atoms with E-state index in [0.29, 0.717) is 6.61 Å². The molecule has 1 aliphatic carbocycles. The number of fused-ring (bicyclic) bond motifs is 1. The summed E-state index contributed by atoms with van der Waals surface area (Å²) in [6.07, 6.45) is 7.17. The standard InChI is InChI=1S/C18H24N2O/c1-14-12-17(15-8-4-5-9-16(15)20-14)21-13-18(19)10-6-2-3-7-11-18/h4-5,8-9,12H,2-3,6-7,10-11,13,19H2,1H3. The highest BCUT2D eigenvalue weighted by Crippen LogP contribution is 2.29. The number of aryl methyl sites for hydroxylation is 1. The Labute approximate surface area is 126 Å². The van der Waals surface area contributed by atoms with Gasteiger partial charge < -0.3 is 10.5 Å². The van der Waals surface area contributed by atoms with Crippen LogP contribution >= 0.6 is 0 Å². The first-order valence-electron chi connectivity index (χ1n) is 7.94. The summed E-state index contributed by atoms with van der Waals surface area (Å²) >= 11 is 0. The van der Waals surface area contributed by atoms with Crippen molar-refractivity contribution in [3.8, 4) is 5.75 Å². The summed E-state index contributed by atoms with van der Waals surface area (Å²) in [5.41, 5.74) is 8.34. The third-order valence-electron chi connectivity index (χ3n) is 4.42. The smallest absolute Gasteiger partial charge is 0.130 e. The highest BCUT2D eigenvalue weighted by Gasteiger charge is 2.27. The molecule has 0 unspecified atom stereocenters. The number of nitrogens with two attached hydrogens (primary N) is 1. The van der Waals surface area contributed by atoms with Crippen LogP contribution in [0.4, 0.5) is 0 Å². The molecule has 0 aliphatic heterocycles. The number of hydrogen-bond donors (Lipinski definition) is 1. The fraction of sp³-hybridized carbons (Fsp3) is 0.500. The van der Waals surface area contributed by atoms with Crippen LogP contribution in [-0.2, 0) is 0 Å². The van der Waals surface area contributed by atoms with E-state index in [1.165, 1.54) is 25.7 Å². The van der Waals surface area contributed by atoms with E-state index in [1.807, 2.05) is 31.2 Å². The van der Waals surface area contributed by atoms with Gasteiger partial charge in [0.05, 0.1) is 11.1 Å². The molecule has 2 N–H and O–H groups in total. The molecule has 21 heavy (non-hydrogen) atoms. The minimum absolute atomic E-state index is 0.172. The number of ether oxygens (including phenoxy) is 1. The minimum atomic E-state index is -0.172. The molecule has 0 bridgehead atoms. The fourth-order valence-corrected chi connectivity index (χ4v) is 3.19. The van der Waals surface area contributed by atoms with Gasteiger partial charge in [0, 0.05) is 17.1 Å². The van der Waals surface area contributed by atoms with E-state index < -0.39 is 0 Å². The normalized spacial score (nSPS) is 18.4. The molecule has 1 saturated carbocycles. The van der Waals surface area contributed by atoms with E-state index in [1.54, 1.807) is 0 Å². The van der Waals surface area contributed by atoms with Crippen molar-refractivity contribution in [1.29, 1.82) is 0 Å². The van der Waals surface area contributed by atoms with Crippen molar-refractivity contribution in [3.63, 3.8) is 0 Å². The molecule has 3 rings (SSSR count). The second kappa shape index (κ2) is 6.02. The molecule has 0 radical (unpaired) electrons. The van der Waals surface area contributed by atoms with Gasteiger partial charge in [0.2, 0.25) is 0 Å². The van der Waals surface area contributed by atoms with Crippen molar-refractivity contribution in [2.45, 2.75) is 51.0 Å². The lowest BCUT2D eigenvalue weighted by Crippen LogP contribution is -2.45. The predicted octanol–water partition coefficient (Wildman–Crippen LogP) is 3.97. The van der Waals surface area contributed by atoms with Gasteiger partial charge in [-0.1, -0.05) is 37.8 Å². The molecular weight excluding hydrogens is 260 g/mol. The van der Waals surface area contributed by atoms with Gasteiger partial charge in [-0.25, -0.2) is 0 Å². The molecular formula is C18H24N2O. The van der Waals surface area contributed by atoms with Crippen LogP contribution in [0.1, 0.15) is 44.2 Å². The maximum absolute atomic E-state index is 6.55. The summed E-state index contributed by atoms with van der Waals surface area (Å²) in [6, 6.07) is 10.1. The number of benzene rings is 1. The maximum atomic E-state index is 6.55. The number of aromatic nitrogens is 1. The second-order valence-corrected chi connectivity index (χ2v) is 6.34. The fourth-order valence-electron chi connectivity index (χ4n) is 3.19. The summed E-state index contributed by atoms with van der Waals surface area (Å²) in [5, 5.41) is 1.07. The summed E-state index contributed by atoms with van der Waals surface area (Å²) in [4.78, 5) is 4.55. The zero-order valence-electron chi connectivity index (χ0n) is 12.8. The van der Waals surface area contributed by atoms with E-state index in [2.05, 4.69) is 11.1 Å². The van der Waals surface area contributed by atoms with E-state index in [-0.39, 0.29) is 5.54 Å². The molecule has 1 aliphatic rings. The second-order valence-electron chi connectivity index (χ2n) is 6.34. The van der Waals surface area contributed by atoms with Crippen molar-refractivity contribution >= 4 is 10.9 Å². The maximum Gasteiger partial charge on any atom is 0.130 e. The monoisotopic (exact) mass is 284 g/mol. The molecule has 0 amide bonds. The largest absolute Gasteiger partial charge is 0.491 e. The predicted molar refractivity (Wildman–Crippen MR) is 86.6 cm³/mol. The lowest BCUT2D eigenvalue weighted by Gasteiger charge is -2.28. The van der Waals surface area contributed by atoms with Gasteiger partial charge in [0.1, 0.15) is 12.4 Å². The minimum Gasteiger partial charge on any atom is -0.491 e. The number of para-hydroxylation sites is 1. The van der Waals surface area contributed by atoms with E-state index in [4.69, 9.17) is 10.5 Å². The quantitative estimate of drug-likeness (QED) is 0.867. The summed E-state index contributed by atoms with van der Waals surface area (Å²) in [6.45, 7) is 2.60. The molecule has 1 fully saturated rings. The number of rotatable bonds is 3. The molecule has 1 aromatic carbocycles. The Morgan fingerprint density at radius 3 is 2.62 bits per heavy atom. The Bertz CT molecular complexity index is 616. The number of nitrogens with zero attached hydrogens (tertiary/aromatic N) is 1. The highest BCUT2D eigenvalue weighted by molar-refractivity contribution is 5.85. The Morgan fingerprint density at radius 2 is 1.86 bits per heavy atom. The van der Waals surface area contributed by atoms with Gasteiger partial charge in [-0.3, -0.25) is 4.98 Å². The zero-order valence-corrected chi connectivity index (χ0v) is 12.8. The molecule has 1 heterocycles. The van der Waals surface area contributed by atoms with E-state index in [0.717, 1.165) is 35.2 Å². The SMILES string of the molecule is Cc1cc(OCC2(N)CCCCCC2)c2ccccc2n1. The third-order valence-corrected chi connectivity index (χ3v) is 4.42. The average molecular weight is 284 g/mol. The van der Waals surface area contributed by atoms with Gasteiger partial charge in [-0.2, -0.15) is 0 Å². The molecule has 1 aromatic heterocycles. The summed E-state index contributed by atoms with van der Waals surface area (Å²) < 4.78 is 6.13. The topological polar surface area (TPSA) is 48.1 Å². The highest BCUT2D eigenvalue weighted by atomic mass is 16.5. The van der Waals surface area contributed by atoms with Crippen LogP contribution in [0.2, 0.25) is 0 Å². The summed E-state index contributed by atoms with van der Waals surface area (Å²) in [7, 11) is 0. The first-order valence-corrected chi connectivity index (χ1v) is 7.94. The van der Waals surface area contributed by atoms with Crippen LogP contribution in [0.25, 0.3) is 10.9 Å². The van der Waals surface area contributed by atoms with Gasteiger partial charge in [-0.05, 0) is 31.9 Å². The van der Waals surface area contributed by atoms with Crippen molar-refractivity contribution in [2.24, 2.45) is 5.73 Å². The van der Waals surface area contributed by atoms with Crippen molar-refractivity contribution in [2.75, 3.05) is 6.61 Å². The van der Waals surface area contributed by atoms with E-state index in [9.17, 15) is 0 Å². The molecule has 3 nitrogen and oxygen atoms in total. The molecule has 112 valence electrons. The van der Waals surface area contributed by atoms with Crippen LogP contribution in [0, 0.1) is 6.92 Å². The molecule has 0 saturated heterocycles. The molecule has 0 spiro atoms. The molecule has 0 atom stereocenters. The van der Waals surface area contributed by atoms with Gasteiger partial charge in [-0.15, -0.1) is 0 Å². The molecule has 2 aromatic rings. The van der Waals surface area contributed by atoms with Crippen LogP contribution in [0.3, 0.4) is 0 Å². The van der Waals surface area contributed by atoms with Crippen molar-refractivity contribution in [3.05, 3.63) is 36.0 Å². The Balaban J connectivity index is 1.81. The van der Waals surface area contributed by atoms with E-state index >= 15 is 0 Å². The van der Waals surface area contributed by atoms with Crippen LogP contribution in [-0.4, -0.2) is 17.1 Å². The average Bonchev–Trinajstić information content (AvgIpc) is 2.70. The van der Waals surface area contributed by atoms with Crippen LogP contribution in [0.15, 0.2) is 30.3 Å². The van der Waals surface area contributed by atoms with Crippen LogP contribution < -0.4 is 10.5 Å². The Morgan fingerprint density at radius 1 is 1.14 bits per heavy atom. The summed E-state index contributed by atoms with van der Waals surface area (Å²) in [5.74, 6) is 0.909.